The molecule has 2 nitrogen and oxygen atoms in total. The Morgan fingerprint density at radius 3 is 2.53 bits per heavy atom. The maximum Gasteiger partial charge on any atom is 0.0787 e. The average molecular weight is 261 g/mol. The van der Waals surface area contributed by atoms with Crippen molar-refractivity contribution in [3.63, 3.8) is 0 Å². The van der Waals surface area contributed by atoms with Gasteiger partial charge in [0.1, 0.15) is 0 Å². The molecule has 106 valence electrons. The third-order valence-corrected chi connectivity index (χ3v) is 4.45. The van der Waals surface area contributed by atoms with E-state index in [1.54, 1.807) is 0 Å². The Balaban J connectivity index is 2.01. The van der Waals surface area contributed by atoms with Crippen LogP contribution in [0.25, 0.3) is 0 Å². The Morgan fingerprint density at radius 1 is 1.16 bits per heavy atom. The predicted octanol–water partition coefficient (Wildman–Crippen LogP) is 4.15. The zero-order chi connectivity index (χ0) is 13.7. The van der Waals surface area contributed by atoms with Crippen LogP contribution in [0.3, 0.4) is 0 Å². The van der Waals surface area contributed by atoms with Gasteiger partial charge >= 0.3 is 0 Å². The second-order valence-corrected chi connectivity index (χ2v) is 5.71. The van der Waals surface area contributed by atoms with Crippen LogP contribution in [0.4, 0.5) is 5.69 Å². The zero-order valence-corrected chi connectivity index (χ0v) is 12.3. The Bertz CT molecular complexity index is 373. The second-order valence-electron chi connectivity index (χ2n) is 5.71. The van der Waals surface area contributed by atoms with Gasteiger partial charge < -0.3 is 10.0 Å². The third kappa shape index (κ3) is 3.73. The highest BCUT2D eigenvalue weighted by Crippen LogP contribution is 2.26. The fraction of sp³-hybridized carbons (Fsp3) is 0.647. The molecule has 0 radical (unpaired) electrons. The molecule has 1 fully saturated rings. The van der Waals surface area contributed by atoms with Crippen LogP contribution in [0, 0.1) is 5.92 Å². The van der Waals surface area contributed by atoms with Gasteiger partial charge in [-0.05, 0) is 49.3 Å². The SMILES string of the molecule is CCC1CCCN(c2ccc([C@@H](O)CC)cc2)CC1. The van der Waals surface area contributed by atoms with Gasteiger partial charge in [0.05, 0.1) is 6.10 Å². The van der Waals surface area contributed by atoms with Gasteiger partial charge in [0.25, 0.3) is 0 Å². The highest BCUT2D eigenvalue weighted by atomic mass is 16.3. The summed E-state index contributed by atoms with van der Waals surface area (Å²) in [6.07, 6.45) is 5.77. The summed E-state index contributed by atoms with van der Waals surface area (Å²) in [6, 6.07) is 8.48. The number of aliphatic hydroxyl groups is 1. The van der Waals surface area contributed by atoms with Gasteiger partial charge in [-0.25, -0.2) is 0 Å². The Morgan fingerprint density at radius 2 is 1.89 bits per heavy atom. The standard InChI is InChI=1S/C17H27NO/c1-3-14-6-5-12-18(13-11-14)16-9-7-15(8-10-16)17(19)4-2/h7-10,14,17,19H,3-6,11-13H2,1-2H3/t14?,17-/m0/s1. The molecule has 1 heterocycles. The van der Waals surface area contributed by atoms with E-state index in [4.69, 9.17) is 0 Å². The number of benzene rings is 1. The van der Waals surface area contributed by atoms with Crippen molar-refractivity contribution in [3.05, 3.63) is 29.8 Å². The molecule has 1 N–H and O–H groups in total. The molecule has 0 saturated carbocycles. The molecule has 1 aromatic carbocycles. The summed E-state index contributed by atoms with van der Waals surface area (Å²) >= 11 is 0. The van der Waals surface area contributed by atoms with E-state index in [0.29, 0.717) is 0 Å². The summed E-state index contributed by atoms with van der Waals surface area (Å²) in [6.45, 7) is 6.67. The summed E-state index contributed by atoms with van der Waals surface area (Å²) in [5, 5.41) is 9.83. The molecule has 1 unspecified atom stereocenters. The van der Waals surface area contributed by atoms with Gasteiger partial charge in [-0.1, -0.05) is 32.4 Å². The lowest BCUT2D eigenvalue weighted by molar-refractivity contribution is 0.173. The minimum Gasteiger partial charge on any atom is -0.388 e. The minimum absolute atomic E-state index is 0.317. The number of hydrogen-bond donors (Lipinski definition) is 1. The quantitative estimate of drug-likeness (QED) is 0.880. The van der Waals surface area contributed by atoms with E-state index in [1.807, 2.05) is 6.92 Å². The van der Waals surface area contributed by atoms with E-state index in [1.165, 1.54) is 44.5 Å². The van der Waals surface area contributed by atoms with Gasteiger partial charge in [0, 0.05) is 18.8 Å². The van der Waals surface area contributed by atoms with Crippen molar-refractivity contribution >= 4 is 5.69 Å². The van der Waals surface area contributed by atoms with Crippen molar-refractivity contribution in [2.24, 2.45) is 5.92 Å². The molecule has 19 heavy (non-hydrogen) atoms. The molecule has 1 aromatic rings. The lowest BCUT2D eigenvalue weighted by atomic mass is 9.98. The van der Waals surface area contributed by atoms with E-state index >= 15 is 0 Å². The maximum atomic E-state index is 9.83. The van der Waals surface area contributed by atoms with E-state index in [0.717, 1.165) is 17.9 Å². The first-order valence-electron chi connectivity index (χ1n) is 7.77. The Labute approximate surface area is 117 Å². The molecule has 2 heteroatoms. The molecule has 1 aliphatic rings. The van der Waals surface area contributed by atoms with Crippen LogP contribution in [-0.4, -0.2) is 18.2 Å². The summed E-state index contributed by atoms with van der Waals surface area (Å²) < 4.78 is 0. The summed E-state index contributed by atoms with van der Waals surface area (Å²) in [7, 11) is 0. The van der Waals surface area contributed by atoms with Crippen LogP contribution in [0.2, 0.25) is 0 Å². The van der Waals surface area contributed by atoms with Crippen LogP contribution >= 0.6 is 0 Å². The predicted molar refractivity (Wildman–Crippen MR) is 81.5 cm³/mol. The van der Waals surface area contributed by atoms with Gasteiger partial charge in [0.15, 0.2) is 0 Å². The van der Waals surface area contributed by atoms with Gasteiger partial charge in [-0.2, -0.15) is 0 Å². The number of nitrogens with zero attached hydrogens (tertiary/aromatic N) is 1. The summed E-state index contributed by atoms with van der Waals surface area (Å²) in [5.74, 6) is 0.909. The van der Waals surface area contributed by atoms with Crippen LogP contribution in [0.1, 0.15) is 57.6 Å². The Kier molecular flexibility index (Phi) is 5.26. The van der Waals surface area contributed by atoms with Crippen LogP contribution < -0.4 is 4.90 Å². The number of rotatable bonds is 4. The first kappa shape index (κ1) is 14.4. The molecule has 0 aromatic heterocycles. The maximum absolute atomic E-state index is 9.83. The fourth-order valence-electron chi connectivity index (χ4n) is 2.97. The number of hydrogen-bond acceptors (Lipinski definition) is 2. The van der Waals surface area contributed by atoms with Crippen molar-refractivity contribution in [2.75, 3.05) is 18.0 Å². The van der Waals surface area contributed by atoms with Gasteiger partial charge in [0.2, 0.25) is 0 Å². The van der Waals surface area contributed by atoms with Crippen LogP contribution in [-0.2, 0) is 0 Å². The second kappa shape index (κ2) is 6.95. The lowest BCUT2D eigenvalue weighted by Gasteiger charge is -2.23. The number of anilines is 1. The molecule has 1 saturated heterocycles. The van der Waals surface area contributed by atoms with E-state index in [9.17, 15) is 5.11 Å². The smallest absolute Gasteiger partial charge is 0.0787 e. The fourth-order valence-corrected chi connectivity index (χ4v) is 2.97. The van der Waals surface area contributed by atoms with E-state index in [2.05, 4.69) is 36.1 Å². The highest BCUT2D eigenvalue weighted by molar-refractivity contribution is 5.48. The lowest BCUT2D eigenvalue weighted by Crippen LogP contribution is -2.24. The van der Waals surface area contributed by atoms with Crippen LogP contribution in [0.15, 0.2) is 24.3 Å². The van der Waals surface area contributed by atoms with Gasteiger partial charge in [-0.15, -0.1) is 0 Å². The van der Waals surface area contributed by atoms with Crippen molar-refractivity contribution in [3.8, 4) is 0 Å². The number of aliphatic hydroxyl groups excluding tert-OH is 1. The topological polar surface area (TPSA) is 23.5 Å². The summed E-state index contributed by atoms with van der Waals surface area (Å²) in [5.41, 5.74) is 2.34. The van der Waals surface area contributed by atoms with Crippen molar-refractivity contribution < 1.29 is 5.11 Å². The summed E-state index contributed by atoms with van der Waals surface area (Å²) in [4.78, 5) is 2.50. The van der Waals surface area contributed by atoms with E-state index < -0.39 is 0 Å². The van der Waals surface area contributed by atoms with Crippen molar-refractivity contribution in [2.45, 2.75) is 52.1 Å². The molecule has 0 bridgehead atoms. The molecule has 0 spiro atoms. The molecule has 2 atom stereocenters. The van der Waals surface area contributed by atoms with Gasteiger partial charge in [-0.3, -0.25) is 0 Å². The third-order valence-electron chi connectivity index (χ3n) is 4.45. The normalized spacial score (nSPS) is 22.1. The molecule has 1 aliphatic heterocycles. The minimum atomic E-state index is -0.317. The zero-order valence-electron chi connectivity index (χ0n) is 12.3. The first-order valence-corrected chi connectivity index (χ1v) is 7.77. The van der Waals surface area contributed by atoms with Crippen LogP contribution in [0.5, 0.6) is 0 Å². The largest absolute Gasteiger partial charge is 0.388 e. The molecular formula is C17H27NO. The first-order chi connectivity index (χ1) is 9.24. The Hall–Kier alpha value is -1.02. The van der Waals surface area contributed by atoms with Crippen molar-refractivity contribution in [1.82, 2.24) is 0 Å². The molecule has 0 amide bonds. The van der Waals surface area contributed by atoms with E-state index in [-0.39, 0.29) is 6.10 Å². The van der Waals surface area contributed by atoms with Crippen molar-refractivity contribution in [1.29, 1.82) is 0 Å². The highest BCUT2D eigenvalue weighted by Gasteiger charge is 2.16. The molecule has 2 rings (SSSR count). The molecular weight excluding hydrogens is 234 g/mol. The monoisotopic (exact) mass is 261 g/mol. The average Bonchev–Trinajstić information content (AvgIpc) is 2.72. The molecule has 0 aliphatic carbocycles.